The molecule has 5 N–H and O–H groups in total. The van der Waals surface area contributed by atoms with Crippen molar-refractivity contribution in [2.75, 3.05) is 14.2 Å². The highest BCUT2D eigenvalue weighted by Crippen LogP contribution is 2.15. The van der Waals surface area contributed by atoms with E-state index in [-0.39, 0.29) is 29.8 Å². The summed E-state index contributed by atoms with van der Waals surface area (Å²) < 4.78 is 15.2. The molecule has 12 heteroatoms. The van der Waals surface area contributed by atoms with Crippen LogP contribution in [0.1, 0.15) is 31.9 Å². The standard InChI is InChI=1S/C25H33BN2O9/c1-25(2,3)37-24(32)28-19(13-15-6-9-17(29)10-7-15)22(30)27-20(23(31)36-5)14-16-8-11-21(35-4)18(12-16)26(33)34/h6-12,19-20,29,33-34H,13-14H2,1-5H3,(H,27,30)(H,28,32)/t19-,20-/m0/s1. The number of carbonyl (C=O) groups excluding carboxylic acids is 3. The number of esters is 1. The SMILES string of the molecule is COC(=O)[C@H](Cc1ccc(OC)c(B(O)O)c1)NC(=O)[C@H](Cc1ccc(O)cc1)NC(=O)OC(C)(C)C. The van der Waals surface area contributed by atoms with Crippen LogP contribution in [0.25, 0.3) is 0 Å². The van der Waals surface area contributed by atoms with Crippen molar-refractivity contribution in [1.82, 2.24) is 10.6 Å². The van der Waals surface area contributed by atoms with Gasteiger partial charge in [-0.1, -0.05) is 24.3 Å². The molecule has 200 valence electrons. The van der Waals surface area contributed by atoms with E-state index in [1.807, 2.05) is 0 Å². The number of rotatable bonds is 10. The predicted molar refractivity (Wildman–Crippen MR) is 135 cm³/mol. The molecular weight excluding hydrogens is 483 g/mol. The lowest BCUT2D eigenvalue weighted by Gasteiger charge is -2.25. The maximum absolute atomic E-state index is 13.3. The molecule has 0 heterocycles. The number of phenolic OH excluding ortho intramolecular Hbond substituents is 1. The maximum Gasteiger partial charge on any atom is 0.492 e. The Morgan fingerprint density at radius 1 is 0.919 bits per heavy atom. The summed E-state index contributed by atoms with van der Waals surface area (Å²) in [4.78, 5) is 38.2. The molecule has 2 aromatic rings. The first kappa shape index (κ1) is 29.5. The number of ether oxygens (including phenoxy) is 3. The van der Waals surface area contributed by atoms with Crippen molar-refractivity contribution < 1.29 is 43.7 Å². The molecule has 0 aliphatic rings. The number of phenols is 1. The number of aromatic hydroxyl groups is 1. The van der Waals surface area contributed by atoms with E-state index in [1.54, 1.807) is 39.0 Å². The number of amides is 2. The Morgan fingerprint density at radius 2 is 1.51 bits per heavy atom. The van der Waals surface area contributed by atoms with Gasteiger partial charge in [0.05, 0.1) is 14.2 Å². The van der Waals surface area contributed by atoms with Crippen LogP contribution in [-0.2, 0) is 31.9 Å². The number of hydrogen-bond donors (Lipinski definition) is 5. The number of hydrogen-bond acceptors (Lipinski definition) is 9. The molecule has 2 rings (SSSR count). The largest absolute Gasteiger partial charge is 0.508 e. The lowest BCUT2D eigenvalue weighted by Crippen LogP contribution is -2.54. The summed E-state index contributed by atoms with van der Waals surface area (Å²) in [5.74, 6) is -1.13. The van der Waals surface area contributed by atoms with E-state index >= 15 is 0 Å². The van der Waals surface area contributed by atoms with Gasteiger partial charge in [0, 0.05) is 18.3 Å². The zero-order chi connectivity index (χ0) is 27.8. The van der Waals surface area contributed by atoms with E-state index in [9.17, 15) is 29.5 Å². The van der Waals surface area contributed by atoms with Crippen LogP contribution in [0.5, 0.6) is 11.5 Å². The van der Waals surface area contributed by atoms with Crippen molar-refractivity contribution in [2.45, 2.75) is 51.3 Å². The highest BCUT2D eigenvalue weighted by Gasteiger charge is 2.30. The highest BCUT2D eigenvalue weighted by molar-refractivity contribution is 6.59. The summed E-state index contributed by atoms with van der Waals surface area (Å²) in [5, 5.41) is 34.0. The third-order valence-corrected chi connectivity index (χ3v) is 5.20. The molecule has 0 aliphatic heterocycles. The number of nitrogens with one attached hydrogen (secondary N) is 2. The Bertz CT molecular complexity index is 1080. The molecule has 0 aliphatic carbocycles. The second-order valence-corrected chi connectivity index (χ2v) is 9.31. The molecule has 0 radical (unpaired) electrons. The first-order valence-electron chi connectivity index (χ1n) is 11.5. The smallest absolute Gasteiger partial charge is 0.492 e. The van der Waals surface area contributed by atoms with E-state index in [0.717, 1.165) is 0 Å². The van der Waals surface area contributed by atoms with Gasteiger partial charge in [-0.2, -0.15) is 0 Å². The zero-order valence-corrected chi connectivity index (χ0v) is 21.5. The van der Waals surface area contributed by atoms with Gasteiger partial charge in [0.25, 0.3) is 0 Å². The Hall–Kier alpha value is -3.77. The number of alkyl carbamates (subject to hydrolysis) is 1. The second-order valence-electron chi connectivity index (χ2n) is 9.31. The first-order valence-corrected chi connectivity index (χ1v) is 11.5. The van der Waals surface area contributed by atoms with E-state index in [2.05, 4.69) is 10.6 Å². The monoisotopic (exact) mass is 516 g/mol. The Labute approximate surface area is 215 Å². The van der Waals surface area contributed by atoms with Crippen LogP contribution in [0.4, 0.5) is 4.79 Å². The fraction of sp³-hybridized carbons (Fsp3) is 0.400. The predicted octanol–water partition coefficient (Wildman–Crippen LogP) is 0.417. The van der Waals surface area contributed by atoms with Crippen LogP contribution in [0, 0.1) is 0 Å². The Kier molecular flexibility index (Phi) is 10.3. The van der Waals surface area contributed by atoms with Gasteiger partial charge >= 0.3 is 19.2 Å². The van der Waals surface area contributed by atoms with Crippen molar-refractivity contribution in [2.24, 2.45) is 0 Å². The van der Waals surface area contributed by atoms with E-state index in [0.29, 0.717) is 11.1 Å². The van der Waals surface area contributed by atoms with Crippen LogP contribution in [-0.4, -0.2) is 72.1 Å². The second kappa shape index (κ2) is 13.0. The number of benzene rings is 2. The van der Waals surface area contributed by atoms with Crippen LogP contribution in [0.3, 0.4) is 0 Å². The molecule has 0 spiro atoms. The summed E-state index contributed by atoms with van der Waals surface area (Å²) in [6.45, 7) is 5.05. The molecule has 0 saturated carbocycles. The van der Waals surface area contributed by atoms with Gasteiger partial charge in [-0.25, -0.2) is 9.59 Å². The molecule has 11 nitrogen and oxygen atoms in total. The van der Waals surface area contributed by atoms with Crippen LogP contribution in [0.15, 0.2) is 42.5 Å². The normalized spacial score (nSPS) is 12.6. The summed E-state index contributed by atoms with van der Waals surface area (Å²) in [7, 11) is 0.740. The number of methoxy groups -OCH3 is 2. The quantitative estimate of drug-likeness (QED) is 0.222. The van der Waals surface area contributed by atoms with Crippen molar-refractivity contribution in [1.29, 1.82) is 0 Å². The third kappa shape index (κ3) is 9.32. The van der Waals surface area contributed by atoms with Gasteiger partial charge in [0.15, 0.2) is 0 Å². The molecular formula is C25H33BN2O9. The van der Waals surface area contributed by atoms with Crippen molar-refractivity contribution in [3.63, 3.8) is 0 Å². The maximum atomic E-state index is 13.3. The first-order chi connectivity index (χ1) is 17.3. The van der Waals surface area contributed by atoms with E-state index < -0.39 is 42.8 Å². The molecule has 0 bridgehead atoms. The fourth-order valence-corrected chi connectivity index (χ4v) is 3.48. The average Bonchev–Trinajstić information content (AvgIpc) is 2.82. The van der Waals surface area contributed by atoms with Crippen LogP contribution < -0.4 is 20.8 Å². The summed E-state index contributed by atoms with van der Waals surface area (Å²) >= 11 is 0. The summed E-state index contributed by atoms with van der Waals surface area (Å²) in [6, 6.07) is 8.38. The molecule has 37 heavy (non-hydrogen) atoms. The van der Waals surface area contributed by atoms with Crippen molar-refractivity contribution >= 4 is 30.6 Å². The van der Waals surface area contributed by atoms with Gasteiger partial charge in [-0.15, -0.1) is 0 Å². The van der Waals surface area contributed by atoms with Gasteiger partial charge in [0.1, 0.15) is 29.2 Å². The summed E-state index contributed by atoms with van der Waals surface area (Å²) in [6.07, 6.45) is -0.818. The van der Waals surface area contributed by atoms with Gasteiger partial charge in [0.2, 0.25) is 5.91 Å². The molecule has 0 unspecified atom stereocenters. The van der Waals surface area contributed by atoms with E-state index in [1.165, 1.54) is 38.5 Å². The fourth-order valence-electron chi connectivity index (χ4n) is 3.48. The Morgan fingerprint density at radius 3 is 2.05 bits per heavy atom. The highest BCUT2D eigenvalue weighted by atomic mass is 16.6. The Balaban J connectivity index is 2.28. The minimum absolute atomic E-state index is 0.0412. The van der Waals surface area contributed by atoms with Gasteiger partial charge in [-0.3, -0.25) is 4.79 Å². The van der Waals surface area contributed by atoms with E-state index in [4.69, 9.17) is 14.2 Å². The molecule has 2 atom stereocenters. The van der Waals surface area contributed by atoms with Crippen LogP contribution in [0.2, 0.25) is 0 Å². The third-order valence-electron chi connectivity index (χ3n) is 5.20. The summed E-state index contributed by atoms with van der Waals surface area (Å²) in [5.41, 5.74) is 0.420. The molecule has 0 saturated heterocycles. The van der Waals surface area contributed by atoms with Gasteiger partial charge in [-0.05, 0) is 50.1 Å². The van der Waals surface area contributed by atoms with Gasteiger partial charge < -0.3 is 40.0 Å². The molecule has 0 fully saturated rings. The molecule has 2 amide bonds. The number of carbonyl (C=O) groups is 3. The lowest BCUT2D eigenvalue weighted by molar-refractivity contribution is -0.145. The van der Waals surface area contributed by atoms with Crippen molar-refractivity contribution in [3.05, 3.63) is 53.6 Å². The average molecular weight is 516 g/mol. The minimum Gasteiger partial charge on any atom is -0.508 e. The van der Waals surface area contributed by atoms with Crippen molar-refractivity contribution in [3.8, 4) is 11.5 Å². The topological polar surface area (TPSA) is 164 Å². The zero-order valence-electron chi connectivity index (χ0n) is 21.5. The van der Waals surface area contributed by atoms with Crippen LogP contribution >= 0.6 is 0 Å². The molecule has 0 aromatic heterocycles. The minimum atomic E-state index is -1.81. The lowest BCUT2D eigenvalue weighted by atomic mass is 9.78. The molecule has 2 aromatic carbocycles.